The molecule has 104 valence electrons. The summed E-state index contributed by atoms with van der Waals surface area (Å²) >= 11 is 0. The fourth-order valence-corrected chi connectivity index (χ4v) is 2.07. The number of benzene rings is 2. The number of nitrogen functional groups attached to an aromatic ring is 1. The van der Waals surface area contributed by atoms with Gasteiger partial charge in [-0.25, -0.2) is 0 Å². The van der Waals surface area contributed by atoms with Crippen LogP contribution in [0.15, 0.2) is 42.5 Å². The molecule has 0 fully saturated rings. The SMILES string of the molecule is Cc1cccc(CNC(=O)c2cc(C)ccc2NN)c1. The standard InChI is InChI=1S/C16H19N3O/c1-11-4-3-5-13(8-11)10-18-16(20)14-9-12(2)6-7-15(14)19-17/h3-9,19H,10,17H2,1-2H3,(H,18,20). The molecule has 2 aromatic rings. The van der Waals surface area contributed by atoms with E-state index in [1.807, 2.05) is 44.2 Å². The maximum Gasteiger partial charge on any atom is 0.253 e. The van der Waals surface area contributed by atoms with Gasteiger partial charge < -0.3 is 10.7 Å². The highest BCUT2D eigenvalue weighted by atomic mass is 16.1. The quantitative estimate of drug-likeness (QED) is 0.590. The Morgan fingerprint density at radius 1 is 1.10 bits per heavy atom. The molecule has 0 aromatic heterocycles. The van der Waals surface area contributed by atoms with Crippen molar-refractivity contribution >= 4 is 11.6 Å². The monoisotopic (exact) mass is 269 g/mol. The molecule has 0 radical (unpaired) electrons. The highest BCUT2D eigenvalue weighted by molar-refractivity contribution is 5.99. The summed E-state index contributed by atoms with van der Waals surface area (Å²) in [7, 11) is 0. The number of nitrogens with one attached hydrogen (secondary N) is 2. The zero-order valence-electron chi connectivity index (χ0n) is 11.7. The van der Waals surface area contributed by atoms with Crippen LogP contribution in [-0.2, 0) is 6.54 Å². The number of nitrogens with two attached hydrogens (primary N) is 1. The van der Waals surface area contributed by atoms with Gasteiger partial charge in [0.15, 0.2) is 0 Å². The van der Waals surface area contributed by atoms with Gasteiger partial charge in [0.1, 0.15) is 0 Å². The molecular weight excluding hydrogens is 250 g/mol. The van der Waals surface area contributed by atoms with Crippen LogP contribution in [0.25, 0.3) is 0 Å². The zero-order chi connectivity index (χ0) is 14.5. The smallest absolute Gasteiger partial charge is 0.253 e. The van der Waals surface area contributed by atoms with Crippen LogP contribution < -0.4 is 16.6 Å². The Labute approximate surface area is 119 Å². The predicted molar refractivity (Wildman–Crippen MR) is 81.3 cm³/mol. The molecule has 0 aliphatic carbocycles. The van der Waals surface area contributed by atoms with E-state index in [1.165, 1.54) is 5.56 Å². The van der Waals surface area contributed by atoms with Gasteiger partial charge in [0, 0.05) is 6.54 Å². The first-order chi connectivity index (χ1) is 9.60. The van der Waals surface area contributed by atoms with Crippen molar-refractivity contribution in [2.75, 3.05) is 5.43 Å². The predicted octanol–water partition coefficient (Wildman–Crippen LogP) is 2.52. The average molecular weight is 269 g/mol. The van der Waals surface area contributed by atoms with Crippen LogP contribution in [0.3, 0.4) is 0 Å². The molecule has 2 rings (SSSR count). The molecule has 0 aliphatic rings. The summed E-state index contributed by atoms with van der Waals surface area (Å²) in [6.07, 6.45) is 0. The van der Waals surface area contributed by atoms with Gasteiger partial charge in [-0.05, 0) is 31.5 Å². The van der Waals surface area contributed by atoms with Crippen molar-refractivity contribution in [1.29, 1.82) is 0 Å². The summed E-state index contributed by atoms with van der Waals surface area (Å²) in [5, 5.41) is 2.91. The number of carbonyl (C=O) groups excluding carboxylic acids is 1. The molecule has 4 heteroatoms. The van der Waals surface area contributed by atoms with Crippen molar-refractivity contribution in [3.63, 3.8) is 0 Å². The van der Waals surface area contributed by atoms with E-state index in [-0.39, 0.29) is 5.91 Å². The number of hydrazine groups is 1. The Morgan fingerprint density at radius 2 is 1.85 bits per heavy atom. The van der Waals surface area contributed by atoms with Crippen molar-refractivity contribution in [2.45, 2.75) is 20.4 Å². The molecule has 1 amide bonds. The lowest BCUT2D eigenvalue weighted by atomic mass is 10.1. The molecule has 4 nitrogen and oxygen atoms in total. The Morgan fingerprint density at radius 3 is 2.55 bits per heavy atom. The molecule has 0 heterocycles. The molecule has 0 saturated heterocycles. The first-order valence-corrected chi connectivity index (χ1v) is 6.51. The van der Waals surface area contributed by atoms with Crippen molar-refractivity contribution in [3.05, 3.63) is 64.7 Å². The van der Waals surface area contributed by atoms with Gasteiger partial charge in [0.05, 0.1) is 11.3 Å². The third-order valence-corrected chi connectivity index (χ3v) is 3.11. The van der Waals surface area contributed by atoms with Crippen LogP contribution in [0.5, 0.6) is 0 Å². The minimum atomic E-state index is -0.136. The van der Waals surface area contributed by atoms with E-state index in [1.54, 1.807) is 6.07 Å². The summed E-state index contributed by atoms with van der Waals surface area (Å²) < 4.78 is 0. The zero-order valence-corrected chi connectivity index (χ0v) is 11.7. The van der Waals surface area contributed by atoms with E-state index in [0.717, 1.165) is 11.1 Å². The second kappa shape index (κ2) is 6.21. The molecular formula is C16H19N3O. The van der Waals surface area contributed by atoms with Gasteiger partial charge in [0.2, 0.25) is 0 Å². The fraction of sp³-hybridized carbons (Fsp3) is 0.188. The average Bonchev–Trinajstić information content (AvgIpc) is 2.45. The molecule has 4 N–H and O–H groups in total. The number of anilines is 1. The fourth-order valence-electron chi connectivity index (χ4n) is 2.07. The topological polar surface area (TPSA) is 67.2 Å². The van der Waals surface area contributed by atoms with Crippen LogP contribution in [-0.4, -0.2) is 5.91 Å². The van der Waals surface area contributed by atoms with Crippen LogP contribution in [0.1, 0.15) is 27.0 Å². The normalized spacial score (nSPS) is 10.2. The molecule has 2 aromatic carbocycles. The van der Waals surface area contributed by atoms with E-state index in [0.29, 0.717) is 17.8 Å². The Kier molecular flexibility index (Phi) is 4.38. The molecule has 0 bridgehead atoms. The molecule has 0 spiro atoms. The lowest BCUT2D eigenvalue weighted by molar-refractivity contribution is 0.0951. The highest BCUT2D eigenvalue weighted by Crippen LogP contribution is 2.16. The van der Waals surface area contributed by atoms with E-state index in [9.17, 15) is 4.79 Å². The van der Waals surface area contributed by atoms with Gasteiger partial charge in [-0.15, -0.1) is 0 Å². The second-order valence-electron chi connectivity index (χ2n) is 4.87. The number of rotatable bonds is 4. The van der Waals surface area contributed by atoms with E-state index < -0.39 is 0 Å². The van der Waals surface area contributed by atoms with Gasteiger partial charge in [-0.3, -0.25) is 10.6 Å². The summed E-state index contributed by atoms with van der Waals surface area (Å²) in [5.41, 5.74) is 7.00. The third kappa shape index (κ3) is 3.36. The van der Waals surface area contributed by atoms with Crippen LogP contribution in [0, 0.1) is 13.8 Å². The molecule has 20 heavy (non-hydrogen) atoms. The Bertz CT molecular complexity index is 623. The maximum atomic E-state index is 12.2. The van der Waals surface area contributed by atoms with Gasteiger partial charge in [0.25, 0.3) is 5.91 Å². The van der Waals surface area contributed by atoms with Crippen molar-refractivity contribution in [3.8, 4) is 0 Å². The summed E-state index contributed by atoms with van der Waals surface area (Å²) in [6, 6.07) is 13.6. The first-order valence-electron chi connectivity index (χ1n) is 6.51. The molecule has 0 atom stereocenters. The summed E-state index contributed by atoms with van der Waals surface area (Å²) in [5.74, 6) is 5.30. The summed E-state index contributed by atoms with van der Waals surface area (Å²) in [4.78, 5) is 12.2. The Hall–Kier alpha value is -2.33. The molecule has 0 aliphatic heterocycles. The van der Waals surface area contributed by atoms with E-state index in [2.05, 4.69) is 16.8 Å². The number of aryl methyl sites for hydroxylation is 2. The first kappa shape index (κ1) is 14.1. The minimum absolute atomic E-state index is 0.136. The number of hydrogen-bond acceptors (Lipinski definition) is 3. The lowest BCUT2D eigenvalue weighted by Crippen LogP contribution is -2.25. The maximum absolute atomic E-state index is 12.2. The number of carbonyl (C=O) groups is 1. The molecule has 0 unspecified atom stereocenters. The summed E-state index contributed by atoms with van der Waals surface area (Å²) in [6.45, 7) is 4.47. The van der Waals surface area contributed by atoms with Crippen molar-refractivity contribution in [2.24, 2.45) is 5.84 Å². The van der Waals surface area contributed by atoms with Gasteiger partial charge in [-0.1, -0.05) is 41.5 Å². The van der Waals surface area contributed by atoms with Gasteiger partial charge >= 0.3 is 0 Å². The highest BCUT2D eigenvalue weighted by Gasteiger charge is 2.10. The van der Waals surface area contributed by atoms with Crippen LogP contribution in [0.4, 0.5) is 5.69 Å². The van der Waals surface area contributed by atoms with Crippen molar-refractivity contribution < 1.29 is 4.79 Å². The number of amides is 1. The van der Waals surface area contributed by atoms with Crippen molar-refractivity contribution in [1.82, 2.24) is 5.32 Å². The van der Waals surface area contributed by atoms with Crippen LogP contribution >= 0.6 is 0 Å². The van der Waals surface area contributed by atoms with Gasteiger partial charge in [-0.2, -0.15) is 0 Å². The number of hydrogen-bond donors (Lipinski definition) is 3. The Balaban J connectivity index is 2.10. The van der Waals surface area contributed by atoms with E-state index >= 15 is 0 Å². The largest absolute Gasteiger partial charge is 0.348 e. The molecule has 0 saturated carbocycles. The van der Waals surface area contributed by atoms with E-state index in [4.69, 9.17) is 5.84 Å². The van der Waals surface area contributed by atoms with Crippen LogP contribution in [0.2, 0.25) is 0 Å². The third-order valence-electron chi connectivity index (χ3n) is 3.11. The second-order valence-corrected chi connectivity index (χ2v) is 4.87. The minimum Gasteiger partial charge on any atom is -0.348 e. The lowest BCUT2D eigenvalue weighted by Gasteiger charge is -2.11.